The van der Waals surface area contributed by atoms with Crippen LogP contribution in [0, 0.1) is 0 Å². The highest BCUT2D eigenvalue weighted by Crippen LogP contribution is 2.16. The second-order valence-corrected chi connectivity index (χ2v) is 4.12. The Kier molecular flexibility index (Phi) is 4.36. The van der Waals surface area contributed by atoms with E-state index >= 15 is 0 Å². The molecule has 6 nitrogen and oxygen atoms in total. The molecule has 0 bridgehead atoms. The lowest BCUT2D eigenvalue weighted by atomic mass is 10.3. The number of hydrogen-bond acceptors (Lipinski definition) is 4. The Hall–Kier alpha value is -1.50. The second kappa shape index (κ2) is 5.55. The van der Waals surface area contributed by atoms with Gasteiger partial charge in [0.15, 0.2) is 5.16 Å². The van der Waals surface area contributed by atoms with Gasteiger partial charge < -0.3 is 5.11 Å². The lowest BCUT2D eigenvalue weighted by Crippen LogP contribution is -2.16. The topological polar surface area (TPSA) is 88.0 Å². The maximum Gasteiger partial charge on any atom is 0.343 e. The van der Waals surface area contributed by atoms with Gasteiger partial charge in [-0.2, -0.15) is 0 Å². The van der Waals surface area contributed by atoms with Crippen LogP contribution in [0.3, 0.4) is 0 Å². The minimum atomic E-state index is -0.965. The number of carboxylic acid groups (broad SMARTS) is 1. The van der Waals surface area contributed by atoms with Gasteiger partial charge in [-0.1, -0.05) is 17.3 Å². The van der Waals surface area contributed by atoms with E-state index in [9.17, 15) is 9.59 Å². The molecule has 0 radical (unpaired) electrons. The summed E-state index contributed by atoms with van der Waals surface area (Å²) in [5.74, 6) is -0.468. The number of hydrogen-bond donors (Lipinski definition) is 2. The summed E-state index contributed by atoms with van der Waals surface area (Å²) in [6.45, 7) is 4.11. The number of rotatable bonds is 5. The molecule has 88 valence electrons. The third-order valence-corrected chi connectivity index (χ3v) is 3.01. The van der Waals surface area contributed by atoms with Crippen molar-refractivity contribution in [2.24, 2.45) is 0 Å². The SMILES string of the molecule is CCn1c(SCC(C)=CC(=O)O)n[nH]c1=O. The molecule has 1 aromatic rings. The molecule has 1 rings (SSSR count). The summed E-state index contributed by atoms with van der Waals surface area (Å²) in [5.41, 5.74) is 0.473. The molecule has 16 heavy (non-hydrogen) atoms. The predicted octanol–water partition coefficient (Wildman–Crippen LogP) is 0.714. The molecule has 1 heterocycles. The van der Waals surface area contributed by atoms with Crippen LogP contribution >= 0.6 is 11.8 Å². The minimum Gasteiger partial charge on any atom is -0.478 e. The summed E-state index contributed by atoms with van der Waals surface area (Å²) in [4.78, 5) is 21.6. The van der Waals surface area contributed by atoms with Gasteiger partial charge in [-0.05, 0) is 13.8 Å². The maximum absolute atomic E-state index is 11.2. The summed E-state index contributed by atoms with van der Waals surface area (Å²) in [6.07, 6.45) is 1.15. The van der Waals surface area contributed by atoms with Gasteiger partial charge in [0.25, 0.3) is 0 Å². The zero-order valence-electron chi connectivity index (χ0n) is 9.06. The molecule has 0 saturated carbocycles. The van der Waals surface area contributed by atoms with Crippen molar-refractivity contribution in [3.63, 3.8) is 0 Å². The van der Waals surface area contributed by atoms with E-state index < -0.39 is 5.97 Å². The largest absolute Gasteiger partial charge is 0.478 e. The van der Waals surface area contributed by atoms with Crippen molar-refractivity contribution in [3.05, 3.63) is 22.1 Å². The van der Waals surface area contributed by atoms with Crippen LogP contribution in [0.5, 0.6) is 0 Å². The van der Waals surface area contributed by atoms with Crippen molar-refractivity contribution in [2.45, 2.75) is 25.5 Å². The molecule has 7 heteroatoms. The highest BCUT2D eigenvalue weighted by Gasteiger charge is 2.07. The van der Waals surface area contributed by atoms with Gasteiger partial charge in [-0.15, -0.1) is 5.10 Å². The minimum absolute atomic E-state index is 0.245. The summed E-state index contributed by atoms with van der Waals surface area (Å²) in [6, 6.07) is 0. The number of carbonyl (C=O) groups is 1. The molecule has 0 unspecified atom stereocenters. The lowest BCUT2D eigenvalue weighted by Gasteiger charge is -2.01. The van der Waals surface area contributed by atoms with Crippen LogP contribution in [-0.4, -0.2) is 31.6 Å². The number of aromatic amines is 1. The first kappa shape index (κ1) is 12.6. The quantitative estimate of drug-likeness (QED) is 0.587. The Morgan fingerprint density at radius 3 is 2.94 bits per heavy atom. The van der Waals surface area contributed by atoms with E-state index in [1.807, 2.05) is 6.92 Å². The zero-order chi connectivity index (χ0) is 12.1. The van der Waals surface area contributed by atoms with E-state index in [2.05, 4.69) is 10.2 Å². The molecule has 1 aromatic heterocycles. The molecular weight excluding hydrogens is 230 g/mol. The summed E-state index contributed by atoms with van der Waals surface area (Å²) in [5, 5.41) is 15.3. The fraction of sp³-hybridized carbons (Fsp3) is 0.444. The molecule has 0 aromatic carbocycles. The van der Waals surface area contributed by atoms with Crippen molar-refractivity contribution in [3.8, 4) is 0 Å². The van der Waals surface area contributed by atoms with Crippen LogP contribution < -0.4 is 5.69 Å². The molecule has 0 aliphatic rings. The lowest BCUT2D eigenvalue weighted by molar-refractivity contribution is -0.131. The molecular formula is C9H13N3O3S. The number of carboxylic acids is 1. The van der Waals surface area contributed by atoms with Crippen LogP contribution in [0.15, 0.2) is 21.6 Å². The van der Waals surface area contributed by atoms with Gasteiger partial charge in [0.1, 0.15) is 0 Å². The molecule has 0 aliphatic carbocycles. The number of nitrogens with one attached hydrogen (secondary N) is 1. The van der Waals surface area contributed by atoms with Crippen molar-refractivity contribution >= 4 is 17.7 Å². The van der Waals surface area contributed by atoms with Gasteiger partial charge in [0.2, 0.25) is 0 Å². The molecule has 0 fully saturated rings. The monoisotopic (exact) mass is 243 g/mol. The smallest absolute Gasteiger partial charge is 0.343 e. The Balaban J connectivity index is 2.68. The van der Waals surface area contributed by atoms with E-state index in [1.54, 1.807) is 6.92 Å². The number of thioether (sulfide) groups is 1. The highest BCUT2D eigenvalue weighted by atomic mass is 32.2. The summed E-state index contributed by atoms with van der Waals surface area (Å²) in [7, 11) is 0. The number of aromatic nitrogens is 3. The van der Waals surface area contributed by atoms with E-state index in [4.69, 9.17) is 5.11 Å². The molecule has 0 aliphatic heterocycles. The maximum atomic E-state index is 11.2. The third kappa shape index (κ3) is 3.27. The molecule has 0 saturated heterocycles. The van der Waals surface area contributed by atoms with Crippen molar-refractivity contribution in [1.29, 1.82) is 0 Å². The normalized spacial score (nSPS) is 11.8. The van der Waals surface area contributed by atoms with Crippen LogP contribution in [0.2, 0.25) is 0 Å². The molecule has 0 atom stereocenters. The van der Waals surface area contributed by atoms with Gasteiger partial charge in [-0.25, -0.2) is 14.7 Å². The Morgan fingerprint density at radius 2 is 2.38 bits per heavy atom. The number of H-pyrrole nitrogens is 1. The number of aliphatic carboxylic acids is 1. The second-order valence-electron chi connectivity index (χ2n) is 3.17. The highest BCUT2D eigenvalue weighted by molar-refractivity contribution is 7.99. The Morgan fingerprint density at radius 1 is 1.69 bits per heavy atom. The first-order chi connectivity index (χ1) is 7.54. The van der Waals surface area contributed by atoms with E-state index in [0.717, 1.165) is 11.6 Å². The Bertz CT molecular complexity index is 461. The van der Waals surface area contributed by atoms with Gasteiger partial charge in [0, 0.05) is 18.4 Å². The number of nitrogens with zero attached hydrogens (tertiary/aromatic N) is 2. The first-order valence-corrected chi connectivity index (χ1v) is 5.71. The van der Waals surface area contributed by atoms with Gasteiger partial charge in [-0.3, -0.25) is 4.57 Å². The van der Waals surface area contributed by atoms with Crippen LogP contribution in [0.1, 0.15) is 13.8 Å². The fourth-order valence-electron chi connectivity index (χ4n) is 1.12. The predicted molar refractivity (Wildman–Crippen MR) is 60.6 cm³/mol. The van der Waals surface area contributed by atoms with Crippen LogP contribution in [0.4, 0.5) is 0 Å². The summed E-state index contributed by atoms with van der Waals surface area (Å²) >= 11 is 1.33. The molecule has 0 amide bonds. The molecule has 2 N–H and O–H groups in total. The fourth-order valence-corrected chi connectivity index (χ4v) is 2.04. The molecule has 0 spiro atoms. The van der Waals surface area contributed by atoms with Crippen molar-refractivity contribution in [1.82, 2.24) is 14.8 Å². The van der Waals surface area contributed by atoms with Crippen LogP contribution in [-0.2, 0) is 11.3 Å². The average molecular weight is 243 g/mol. The van der Waals surface area contributed by atoms with Gasteiger partial charge in [0.05, 0.1) is 0 Å². The first-order valence-electron chi connectivity index (χ1n) is 4.72. The van der Waals surface area contributed by atoms with Gasteiger partial charge >= 0.3 is 11.7 Å². The van der Waals surface area contributed by atoms with E-state index in [1.165, 1.54) is 16.3 Å². The van der Waals surface area contributed by atoms with Crippen LogP contribution in [0.25, 0.3) is 0 Å². The third-order valence-electron chi connectivity index (χ3n) is 1.84. The van der Waals surface area contributed by atoms with Crippen molar-refractivity contribution < 1.29 is 9.90 Å². The van der Waals surface area contributed by atoms with E-state index in [-0.39, 0.29) is 5.69 Å². The zero-order valence-corrected chi connectivity index (χ0v) is 9.87. The summed E-state index contributed by atoms with van der Waals surface area (Å²) < 4.78 is 1.50. The van der Waals surface area contributed by atoms with E-state index in [0.29, 0.717) is 17.5 Å². The average Bonchev–Trinajstić information content (AvgIpc) is 2.55. The standard InChI is InChI=1S/C9H13N3O3S/c1-3-12-8(15)10-11-9(12)16-5-6(2)4-7(13)14/h4H,3,5H2,1-2H3,(H,10,15)(H,13,14). The Labute approximate surface area is 96.4 Å². The van der Waals surface area contributed by atoms with Crippen molar-refractivity contribution in [2.75, 3.05) is 5.75 Å².